The fraction of sp³-hybridized carbons (Fsp3) is 0. The average Bonchev–Trinajstić information content (AvgIpc) is 4.23. The molecular formula is C66H42N9OP. The molecule has 15 aromatic rings. The Morgan fingerprint density at radius 3 is 0.675 bits per heavy atom. The van der Waals surface area contributed by atoms with Crippen molar-refractivity contribution in [2.45, 2.75) is 0 Å². The van der Waals surface area contributed by atoms with Gasteiger partial charge in [-0.05, 0) is 109 Å². The van der Waals surface area contributed by atoms with Crippen LogP contribution in [0.25, 0.3) is 117 Å². The van der Waals surface area contributed by atoms with Crippen LogP contribution in [0.4, 0.5) is 0 Å². The number of nitrogens with zero attached hydrogens (tertiary/aromatic N) is 9. The molecule has 0 aliphatic carbocycles. The molecule has 6 aromatic carbocycles. The van der Waals surface area contributed by atoms with Crippen molar-refractivity contribution in [3.8, 4) is 51.6 Å². The highest BCUT2D eigenvalue weighted by Crippen LogP contribution is 2.42. The van der Waals surface area contributed by atoms with Crippen LogP contribution in [0.15, 0.2) is 255 Å². The number of hydrogen-bond acceptors (Lipinski definition) is 7. The minimum absolute atomic E-state index is 0.312. The van der Waals surface area contributed by atoms with Gasteiger partial charge >= 0.3 is 0 Å². The molecule has 0 aliphatic rings. The topological polar surface area (TPSA) is 109 Å². The fourth-order valence-electron chi connectivity index (χ4n) is 11.2. The molecule has 0 saturated heterocycles. The Morgan fingerprint density at radius 1 is 0.221 bits per heavy atom. The molecule has 0 amide bonds. The highest BCUT2D eigenvalue weighted by Gasteiger charge is 2.36. The minimum atomic E-state index is -4.03. The Labute approximate surface area is 441 Å². The number of benzene rings is 6. The zero-order valence-electron chi connectivity index (χ0n) is 41.1. The lowest BCUT2D eigenvalue weighted by molar-refractivity contribution is 0.591. The van der Waals surface area contributed by atoms with Crippen LogP contribution >= 0.6 is 7.14 Å². The van der Waals surface area contributed by atoms with E-state index in [1.807, 2.05) is 146 Å². The molecule has 0 unspecified atom stereocenters. The molecule has 0 radical (unpaired) electrons. The van der Waals surface area contributed by atoms with E-state index in [2.05, 4.69) is 123 Å². The van der Waals surface area contributed by atoms with Gasteiger partial charge in [-0.15, -0.1) is 0 Å². The summed E-state index contributed by atoms with van der Waals surface area (Å²) < 4.78 is 23.5. The monoisotopic (exact) mass is 1010 g/mol. The molecular weight excluding hydrogens is 966 g/mol. The highest BCUT2D eigenvalue weighted by atomic mass is 31.2. The predicted molar refractivity (Wildman–Crippen MR) is 312 cm³/mol. The van der Waals surface area contributed by atoms with Crippen LogP contribution in [0.3, 0.4) is 0 Å². The van der Waals surface area contributed by atoms with Gasteiger partial charge in [-0.1, -0.05) is 146 Å². The van der Waals surface area contributed by atoms with Gasteiger partial charge in [-0.2, -0.15) is 0 Å². The van der Waals surface area contributed by atoms with Crippen LogP contribution in [-0.4, -0.2) is 43.6 Å². The molecule has 77 heavy (non-hydrogen) atoms. The minimum Gasteiger partial charge on any atom is -0.304 e. The smallest absolute Gasteiger partial charge is 0.223 e. The third-order valence-corrected chi connectivity index (χ3v) is 17.3. The van der Waals surface area contributed by atoms with Crippen molar-refractivity contribution in [3.63, 3.8) is 0 Å². The van der Waals surface area contributed by atoms with Gasteiger partial charge in [0.1, 0.15) is 33.8 Å². The number of hydrogen-bond donors (Lipinski definition) is 0. The summed E-state index contributed by atoms with van der Waals surface area (Å²) in [4.78, 5) is 31.6. The van der Waals surface area contributed by atoms with Crippen LogP contribution in [0.1, 0.15) is 0 Å². The van der Waals surface area contributed by atoms with Crippen molar-refractivity contribution in [3.05, 3.63) is 255 Å². The molecule has 0 spiro atoms. The van der Waals surface area contributed by atoms with Crippen LogP contribution in [0.2, 0.25) is 0 Å². The molecule has 0 aliphatic heterocycles. The molecule has 9 aromatic heterocycles. The van der Waals surface area contributed by atoms with E-state index in [9.17, 15) is 0 Å². The Bertz CT molecular complexity index is 4250. The van der Waals surface area contributed by atoms with Gasteiger partial charge in [-0.25, -0.2) is 29.9 Å². The molecule has 362 valence electrons. The summed E-state index contributed by atoms with van der Waals surface area (Å²) >= 11 is 0. The number of fused-ring (bicyclic) bond motifs is 9. The standard InChI is InChI=1S/C66H42N9OP/c76-77(64-40-16-28-52(70-64)49-25-13-37-61(67-49)73-55-31-7-1-19-43(55)44-20-2-8-32-56(44)73,65-41-17-29-53(71-65)50-26-14-38-62(68-50)74-57-33-9-3-21-45(57)46-22-4-10-34-58(46)74)66-42-18-30-54(72-66)51-27-15-39-63(69-51)75-59-35-11-5-23-47(59)48-24-6-12-36-60(48)75/h1-42H. The quantitative estimate of drug-likeness (QED) is 0.132. The van der Waals surface area contributed by atoms with E-state index in [-0.39, 0.29) is 0 Å². The van der Waals surface area contributed by atoms with Gasteiger partial charge in [0.2, 0.25) is 7.14 Å². The van der Waals surface area contributed by atoms with E-state index >= 15 is 4.57 Å². The summed E-state index contributed by atoms with van der Waals surface area (Å²) in [7, 11) is -4.03. The molecule has 0 N–H and O–H groups in total. The Morgan fingerprint density at radius 2 is 0.429 bits per heavy atom. The normalized spacial score (nSPS) is 11.9. The zero-order chi connectivity index (χ0) is 51.0. The average molecular weight is 1010 g/mol. The molecule has 0 atom stereocenters. The van der Waals surface area contributed by atoms with E-state index in [1.54, 1.807) is 0 Å². The third kappa shape index (κ3) is 7.14. The van der Waals surface area contributed by atoms with Crippen molar-refractivity contribution in [2.24, 2.45) is 0 Å². The first-order valence-electron chi connectivity index (χ1n) is 25.5. The summed E-state index contributed by atoms with van der Waals surface area (Å²) in [6.45, 7) is 0. The van der Waals surface area contributed by atoms with Crippen molar-refractivity contribution in [1.29, 1.82) is 0 Å². The van der Waals surface area contributed by atoms with Gasteiger partial charge in [0, 0.05) is 32.3 Å². The Kier molecular flexibility index (Phi) is 10.2. The summed E-state index contributed by atoms with van der Waals surface area (Å²) in [6, 6.07) is 84.9. The zero-order valence-corrected chi connectivity index (χ0v) is 42.0. The second kappa shape index (κ2) is 17.8. The lowest BCUT2D eigenvalue weighted by Gasteiger charge is -2.19. The third-order valence-electron chi connectivity index (χ3n) is 14.6. The molecule has 0 fully saturated rings. The molecule has 11 heteroatoms. The lowest BCUT2D eigenvalue weighted by Crippen LogP contribution is -2.31. The molecule has 0 bridgehead atoms. The SMILES string of the molecule is O=P(c1cccc(-c2cccc(-n3c4ccccc4c4ccccc43)n2)n1)(c1cccc(-c2cccc(-n3c4ccccc4c4ccccc43)n2)n1)c1cccc(-c2cccc(-n3c4ccccc4c4ccccc43)n2)n1. The van der Waals surface area contributed by atoms with Gasteiger partial charge < -0.3 is 4.57 Å². The predicted octanol–water partition coefficient (Wildman–Crippen LogP) is 14.0. The van der Waals surface area contributed by atoms with Crippen molar-refractivity contribution < 1.29 is 4.57 Å². The largest absolute Gasteiger partial charge is 0.304 e. The van der Waals surface area contributed by atoms with Gasteiger partial charge in [0.05, 0.1) is 67.3 Å². The number of para-hydroxylation sites is 6. The van der Waals surface area contributed by atoms with Crippen molar-refractivity contribution in [2.75, 3.05) is 0 Å². The van der Waals surface area contributed by atoms with Gasteiger partial charge in [0.25, 0.3) is 0 Å². The van der Waals surface area contributed by atoms with Crippen LogP contribution in [0.5, 0.6) is 0 Å². The summed E-state index contributed by atoms with van der Waals surface area (Å²) in [6.07, 6.45) is 0. The van der Waals surface area contributed by atoms with Crippen molar-refractivity contribution in [1.82, 2.24) is 43.6 Å². The number of rotatable bonds is 9. The van der Waals surface area contributed by atoms with E-state index < -0.39 is 7.14 Å². The van der Waals surface area contributed by atoms with Crippen LogP contribution < -0.4 is 16.3 Å². The molecule has 15 rings (SSSR count). The maximum atomic E-state index is 16.9. The highest BCUT2D eigenvalue weighted by molar-refractivity contribution is 7.84. The molecule has 9 heterocycles. The summed E-state index contributed by atoms with van der Waals surface area (Å²) in [5, 5.41) is 6.85. The Hall–Kier alpha value is -10.2. The van der Waals surface area contributed by atoms with E-state index in [4.69, 9.17) is 29.9 Å². The van der Waals surface area contributed by atoms with E-state index in [1.165, 1.54) is 0 Å². The van der Waals surface area contributed by atoms with Crippen molar-refractivity contribution >= 4 is 88.9 Å². The second-order valence-electron chi connectivity index (χ2n) is 19.0. The summed E-state index contributed by atoms with van der Waals surface area (Å²) in [5.74, 6) is 2.22. The van der Waals surface area contributed by atoms with Crippen LogP contribution in [0, 0.1) is 0 Å². The first-order chi connectivity index (χ1) is 38.1. The maximum absolute atomic E-state index is 16.9. The second-order valence-corrected chi connectivity index (χ2v) is 21.6. The van der Waals surface area contributed by atoms with E-state index in [0.29, 0.717) is 50.5 Å². The number of aromatic nitrogens is 9. The van der Waals surface area contributed by atoms with Gasteiger partial charge in [-0.3, -0.25) is 13.7 Å². The van der Waals surface area contributed by atoms with Crippen LogP contribution in [-0.2, 0) is 4.57 Å². The first kappa shape index (κ1) is 44.3. The van der Waals surface area contributed by atoms with Gasteiger partial charge in [0.15, 0.2) is 0 Å². The van der Waals surface area contributed by atoms with E-state index in [0.717, 1.165) is 82.9 Å². The Balaban J connectivity index is 0.884. The molecule has 10 nitrogen and oxygen atoms in total. The summed E-state index contributed by atoms with van der Waals surface area (Å²) in [5.41, 5.74) is 10.8. The number of pyridine rings is 6. The fourth-order valence-corrected chi connectivity index (χ4v) is 13.5. The maximum Gasteiger partial charge on any atom is 0.223 e. The molecule has 0 saturated carbocycles. The lowest BCUT2D eigenvalue weighted by atomic mass is 10.2. The first-order valence-corrected chi connectivity index (χ1v) is 27.2.